The molecule has 4 heteroatoms. The minimum atomic E-state index is 0.158. The second kappa shape index (κ2) is 4.70. The molecule has 0 bridgehead atoms. The third-order valence-electron chi connectivity index (χ3n) is 3.24. The molecular weight excluding hydrogens is 202 g/mol. The van der Waals surface area contributed by atoms with Crippen LogP contribution in [0.1, 0.15) is 23.3 Å². The van der Waals surface area contributed by atoms with Gasteiger partial charge in [0.25, 0.3) is 5.91 Å². The van der Waals surface area contributed by atoms with E-state index in [1.807, 2.05) is 41.9 Å². The van der Waals surface area contributed by atoms with E-state index in [0.29, 0.717) is 6.04 Å². The van der Waals surface area contributed by atoms with Gasteiger partial charge in [0.05, 0.1) is 0 Å². The molecule has 0 saturated carbocycles. The van der Waals surface area contributed by atoms with Crippen LogP contribution in [0.5, 0.6) is 0 Å². The van der Waals surface area contributed by atoms with Crippen LogP contribution >= 0.6 is 0 Å². The van der Waals surface area contributed by atoms with Crippen LogP contribution in [-0.2, 0) is 7.05 Å². The van der Waals surface area contributed by atoms with Gasteiger partial charge in [-0.1, -0.05) is 0 Å². The predicted molar refractivity (Wildman–Crippen MR) is 63.4 cm³/mol. The molecule has 1 unspecified atom stereocenters. The molecule has 1 N–H and O–H groups in total. The Kier molecular flexibility index (Phi) is 3.29. The summed E-state index contributed by atoms with van der Waals surface area (Å²) in [6.07, 6.45) is 4.13. The van der Waals surface area contributed by atoms with E-state index in [0.717, 1.165) is 31.6 Å². The minimum Gasteiger partial charge on any atom is -0.347 e. The van der Waals surface area contributed by atoms with Gasteiger partial charge in [0, 0.05) is 32.4 Å². The van der Waals surface area contributed by atoms with Gasteiger partial charge in [-0.05, 0) is 32.0 Å². The Labute approximate surface area is 96.2 Å². The molecule has 4 nitrogen and oxygen atoms in total. The predicted octanol–water partition coefficient (Wildman–Crippen LogP) is 0.849. The van der Waals surface area contributed by atoms with E-state index in [2.05, 4.69) is 5.32 Å². The van der Waals surface area contributed by atoms with Crippen molar-refractivity contribution in [3.63, 3.8) is 0 Å². The fraction of sp³-hybridized carbons (Fsp3) is 0.583. The highest BCUT2D eigenvalue weighted by Crippen LogP contribution is 2.19. The zero-order valence-corrected chi connectivity index (χ0v) is 9.94. The van der Waals surface area contributed by atoms with Gasteiger partial charge < -0.3 is 14.8 Å². The first kappa shape index (κ1) is 11.2. The molecule has 1 amide bonds. The number of carbonyl (C=O) groups excluding carboxylic acids is 1. The Hall–Kier alpha value is -1.29. The number of nitrogens with zero attached hydrogens (tertiary/aromatic N) is 2. The van der Waals surface area contributed by atoms with Crippen molar-refractivity contribution in [2.45, 2.75) is 18.9 Å². The lowest BCUT2D eigenvalue weighted by Gasteiger charge is -2.24. The molecule has 0 aromatic carbocycles. The number of nitrogens with one attached hydrogen (secondary N) is 1. The maximum atomic E-state index is 12.3. The van der Waals surface area contributed by atoms with Crippen LogP contribution in [0.15, 0.2) is 18.3 Å². The van der Waals surface area contributed by atoms with Gasteiger partial charge in [0.15, 0.2) is 0 Å². The number of rotatable bonds is 3. The summed E-state index contributed by atoms with van der Waals surface area (Å²) in [6, 6.07) is 4.15. The molecule has 1 fully saturated rings. The first-order valence-corrected chi connectivity index (χ1v) is 5.81. The number of likely N-dealkylation sites (tertiary alicyclic amines) is 1. The van der Waals surface area contributed by atoms with Gasteiger partial charge in [0.2, 0.25) is 0 Å². The number of hydrogen-bond donors (Lipinski definition) is 1. The summed E-state index contributed by atoms with van der Waals surface area (Å²) in [7, 11) is 3.85. The van der Waals surface area contributed by atoms with Crippen molar-refractivity contribution < 1.29 is 4.79 Å². The van der Waals surface area contributed by atoms with E-state index in [-0.39, 0.29) is 5.91 Å². The Morgan fingerprint density at radius 1 is 1.62 bits per heavy atom. The van der Waals surface area contributed by atoms with Crippen molar-refractivity contribution in [1.29, 1.82) is 0 Å². The molecule has 88 valence electrons. The molecule has 0 aliphatic carbocycles. The van der Waals surface area contributed by atoms with Gasteiger partial charge in [-0.15, -0.1) is 0 Å². The maximum absolute atomic E-state index is 12.3. The third-order valence-corrected chi connectivity index (χ3v) is 3.24. The summed E-state index contributed by atoms with van der Waals surface area (Å²) in [6.45, 7) is 1.77. The molecule has 1 aromatic rings. The Morgan fingerprint density at radius 3 is 3.06 bits per heavy atom. The minimum absolute atomic E-state index is 0.158. The highest BCUT2D eigenvalue weighted by Gasteiger charge is 2.29. The topological polar surface area (TPSA) is 37.3 Å². The first-order valence-electron chi connectivity index (χ1n) is 5.81. The average molecular weight is 221 g/mol. The van der Waals surface area contributed by atoms with Crippen LogP contribution in [0.3, 0.4) is 0 Å². The average Bonchev–Trinajstić information content (AvgIpc) is 2.87. The number of likely N-dealkylation sites (N-methyl/N-ethyl adjacent to an activating group) is 1. The molecule has 0 spiro atoms. The fourth-order valence-corrected chi connectivity index (χ4v) is 2.38. The van der Waals surface area contributed by atoms with Gasteiger partial charge in [0.1, 0.15) is 5.69 Å². The summed E-state index contributed by atoms with van der Waals surface area (Å²) in [5.74, 6) is 0.158. The molecule has 2 rings (SSSR count). The van der Waals surface area contributed by atoms with E-state index in [4.69, 9.17) is 0 Å². The second-order valence-corrected chi connectivity index (χ2v) is 4.36. The highest BCUT2D eigenvalue weighted by atomic mass is 16.2. The second-order valence-electron chi connectivity index (χ2n) is 4.36. The number of hydrogen-bond acceptors (Lipinski definition) is 2. The van der Waals surface area contributed by atoms with Crippen LogP contribution in [-0.4, -0.2) is 41.6 Å². The fourth-order valence-electron chi connectivity index (χ4n) is 2.38. The standard InChI is InChI=1S/C12H19N3O/c1-13-9-10-5-3-8-15(10)12(16)11-6-4-7-14(11)2/h4,6-7,10,13H,3,5,8-9H2,1-2H3. The van der Waals surface area contributed by atoms with Crippen LogP contribution in [0.4, 0.5) is 0 Å². The van der Waals surface area contributed by atoms with E-state index in [1.54, 1.807) is 0 Å². The van der Waals surface area contributed by atoms with E-state index in [1.165, 1.54) is 0 Å². The molecule has 0 radical (unpaired) electrons. The zero-order valence-electron chi connectivity index (χ0n) is 9.94. The van der Waals surface area contributed by atoms with Crippen molar-refractivity contribution in [1.82, 2.24) is 14.8 Å². The lowest BCUT2D eigenvalue weighted by atomic mass is 10.2. The first-order chi connectivity index (χ1) is 7.74. The lowest BCUT2D eigenvalue weighted by molar-refractivity contribution is 0.0727. The van der Waals surface area contributed by atoms with Crippen molar-refractivity contribution in [3.05, 3.63) is 24.0 Å². The molecule has 2 heterocycles. The lowest BCUT2D eigenvalue weighted by Crippen LogP contribution is -2.41. The van der Waals surface area contributed by atoms with E-state index < -0.39 is 0 Å². The van der Waals surface area contributed by atoms with E-state index in [9.17, 15) is 4.79 Å². The van der Waals surface area contributed by atoms with Crippen LogP contribution in [0.25, 0.3) is 0 Å². The molecule has 16 heavy (non-hydrogen) atoms. The smallest absolute Gasteiger partial charge is 0.270 e. The number of amides is 1. The van der Waals surface area contributed by atoms with Crippen LogP contribution in [0.2, 0.25) is 0 Å². The number of carbonyl (C=O) groups is 1. The van der Waals surface area contributed by atoms with Crippen molar-refractivity contribution in [2.75, 3.05) is 20.1 Å². The normalized spacial score (nSPS) is 20.4. The number of aromatic nitrogens is 1. The summed E-state index contributed by atoms with van der Waals surface area (Å²) >= 11 is 0. The van der Waals surface area contributed by atoms with Crippen LogP contribution < -0.4 is 5.32 Å². The van der Waals surface area contributed by atoms with Gasteiger partial charge >= 0.3 is 0 Å². The van der Waals surface area contributed by atoms with Gasteiger partial charge in [-0.25, -0.2) is 0 Å². The summed E-state index contributed by atoms with van der Waals surface area (Å²) in [5, 5.41) is 3.15. The Balaban J connectivity index is 2.12. The maximum Gasteiger partial charge on any atom is 0.270 e. The zero-order chi connectivity index (χ0) is 11.5. The van der Waals surface area contributed by atoms with Crippen LogP contribution in [0, 0.1) is 0 Å². The SMILES string of the molecule is CNCC1CCCN1C(=O)c1cccn1C. The Bertz CT molecular complexity index is 372. The molecule has 1 aliphatic rings. The highest BCUT2D eigenvalue weighted by molar-refractivity contribution is 5.93. The largest absolute Gasteiger partial charge is 0.347 e. The summed E-state index contributed by atoms with van der Waals surface area (Å²) < 4.78 is 1.89. The molecular formula is C12H19N3O. The quantitative estimate of drug-likeness (QED) is 0.821. The Morgan fingerprint density at radius 2 is 2.44 bits per heavy atom. The van der Waals surface area contributed by atoms with Crippen molar-refractivity contribution in [2.24, 2.45) is 7.05 Å². The molecule has 1 atom stereocenters. The monoisotopic (exact) mass is 221 g/mol. The summed E-state index contributed by atoms with van der Waals surface area (Å²) in [4.78, 5) is 14.3. The molecule has 1 saturated heterocycles. The van der Waals surface area contributed by atoms with E-state index >= 15 is 0 Å². The number of aryl methyl sites for hydroxylation is 1. The van der Waals surface area contributed by atoms with Crippen molar-refractivity contribution in [3.8, 4) is 0 Å². The summed E-state index contributed by atoms with van der Waals surface area (Å²) in [5.41, 5.74) is 0.781. The van der Waals surface area contributed by atoms with Gasteiger partial charge in [-0.3, -0.25) is 4.79 Å². The molecule has 1 aliphatic heterocycles. The molecule has 1 aromatic heterocycles. The third kappa shape index (κ3) is 1.97. The van der Waals surface area contributed by atoms with Gasteiger partial charge in [-0.2, -0.15) is 0 Å². The van der Waals surface area contributed by atoms with Crippen molar-refractivity contribution >= 4 is 5.91 Å².